The minimum absolute atomic E-state index is 0.0890. The lowest BCUT2D eigenvalue weighted by Crippen LogP contribution is -2.30. The van der Waals surface area contributed by atoms with Crippen molar-refractivity contribution >= 4 is 23.3 Å². The second kappa shape index (κ2) is 7.81. The van der Waals surface area contributed by atoms with Crippen molar-refractivity contribution in [1.82, 2.24) is 5.32 Å². The lowest BCUT2D eigenvalue weighted by Gasteiger charge is -2.09. The fourth-order valence-corrected chi connectivity index (χ4v) is 2.23. The number of hydrogen-bond acceptors (Lipinski definition) is 3. The minimum atomic E-state index is -2.95. The number of amides is 3. The third-order valence-electron chi connectivity index (χ3n) is 3.63. The maximum atomic E-state index is 12.2. The first-order chi connectivity index (χ1) is 12.5. The van der Waals surface area contributed by atoms with Crippen LogP contribution in [0.2, 0.25) is 0 Å². The van der Waals surface area contributed by atoms with Crippen molar-refractivity contribution in [2.24, 2.45) is 0 Å². The second-order valence-corrected chi connectivity index (χ2v) is 5.81. The average molecular weight is 361 g/mol. The van der Waals surface area contributed by atoms with Gasteiger partial charge in [0.2, 0.25) is 0 Å². The van der Waals surface area contributed by atoms with E-state index in [-0.39, 0.29) is 23.4 Å². The van der Waals surface area contributed by atoms with Crippen LogP contribution in [-0.2, 0) is 0 Å². The zero-order valence-corrected chi connectivity index (χ0v) is 13.7. The number of nitrogens with one attached hydrogen (secondary N) is 3. The molecule has 3 N–H and O–H groups in total. The van der Waals surface area contributed by atoms with Crippen LogP contribution in [0.3, 0.4) is 0 Å². The average Bonchev–Trinajstić information content (AvgIpc) is 3.40. The number of rotatable bonds is 6. The Hall–Kier alpha value is -3.16. The molecule has 1 aliphatic carbocycles. The van der Waals surface area contributed by atoms with Crippen molar-refractivity contribution in [1.29, 1.82) is 0 Å². The Kier molecular flexibility index (Phi) is 5.31. The first-order valence-electron chi connectivity index (χ1n) is 8.03. The van der Waals surface area contributed by atoms with Crippen molar-refractivity contribution in [2.45, 2.75) is 25.5 Å². The molecule has 8 heteroatoms. The Morgan fingerprint density at radius 1 is 1.00 bits per heavy atom. The van der Waals surface area contributed by atoms with Crippen LogP contribution in [0.4, 0.5) is 25.0 Å². The molecule has 136 valence electrons. The van der Waals surface area contributed by atoms with Crippen LogP contribution >= 0.6 is 0 Å². The van der Waals surface area contributed by atoms with Gasteiger partial charge in [-0.1, -0.05) is 6.07 Å². The molecule has 1 saturated carbocycles. The van der Waals surface area contributed by atoms with Crippen LogP contribution in [-0.4, -0.2) is 24.6 Å². The van der Waals surface area contributed by atoms with E-state index in [1.165, 1.54) is 24.3 Å². The molecular formula is C18H17F2N3O3. The van der Waals surface area contributed by atoms with E-state index < -0.39 is 12.5 Å². The summed E-state index contributed by atoms with van der Waals surface area (Å²) >= 11 is 0. The topological polar surface area (TPSA) is 79.5 Å². The number of ether oxygens (including phenoxy) is 1. The highest BCUT2D eigenvalue weighted by Crippen LogP contribution is 2.20. The van der Waals surface area contributed by atoms with Gasteiger partial charge in [0, 0.05) is 23.0 Å². The minimum Gasteiger partial charge on any atom is -0.435 e. The summed E-state index contributed by atoms with van der Waals surface area (Å²) < 4.78 is 28.8. The first-order valence-corrected chi connectivity index (χ1v) is 8.03. The van der Waals surface area contributed by atoms with Gasteiger partial charge in [-0.25, -0.2) is 4.79 Å². The molecule has 2 aromatic rings. The molecule has 0 radical (unpaired) electrons. The molecular weight excluding hydrogens is 344 g/mol. The highest BCUT2D eigenvalue weighted by molar-refractivity contribution is 6.04. The van der Waals surface area contributed by atoms with Crippen LogP contribution in [0.25, 0.3) is 0 Å². The third kappa shape index (κ3) is 5.17. The number of carbonyl (C=O) groups excluding carboxylic acids is 2. The van der Waals surface area contributed by atoms with Crippen molar-refractivity contribution in [2.75, 3.05) is 10.6 Å². The molecule has 0 atom stereocenters. The van der Waals surface area contributed by atoms with E-state index in [0.29, 0.717) is 11.4 Å². The molecule has 1 fully saturated rings. The molecule has 0 heterocycles. The summed E-state index contributed by atoms with van der Waals surface area (Å²) in [6.45, 7) is -2.95. The molecule has 0 unspecified atom stereocenters. The highest BCUT2D eigenvalue weighted by Gasteiger charge is 2.23. The van der Waals surface area contributed by atoms with Gasteiger partial charge in [-0.3, -0.25) is 4.79 Å². The zero-order valence-electron chi connectivity index (χ0n) is 13.7. The quantitative estimate of drug-likeness (QED) is 0.732. The SMILES string of the molecule is O=C(Nc1ccc(NC(=O)c2cccc(OC(F)F)c2)cc1)NC1CC1. The summed E-state index contributed by atoms with van der Waals surface area (Å²) in [7, 11) is 0. The summed E-state index contributed by atoms with van der Waals surface area (Å²) in [6.07, 6.45) is 2.00. The number of halogens is 2. The van der Waals surface area contributed by atoms with Crippen molar-refractivity contribution < 1.29 is 23.1 Å². The zero-order chi connectivity index (χ0) is 18.5. The van der Waals surface area contributed by atoms with E-state index in [1.807, 2.05) is 0 Å². The van der Waals surface area contributed by atoms with Crippen LogP contribution in [0, 0.1) is 0 Å². The first kappa shape index (κ1) is 17.7. The number of anilines is 2. The van der Waals surface area contributed by atoms with E-state index in [4.69, 9.17) is 0 Å². The fraction of sp³-hybridized carbons (Fsp3) is 0.222. The predicted octanol–water partition coefficient (Wildman–Crippen LogP) is 3.82. The Balaban J connectivity index is 1.57. The van der Waals surface area contributed by atoms with Crippen molar-refractivity contribution in [3.63, 3.8) is 0 Å². The van der Waals surface area contributed by atoms with E-state index in [2.05, 4.69) is 20.7 Å². The summed E-state index contributed by atoms with van der Waals surface area (Å²) in [6, 6.07) is 12.1. The Bertz CT molecular complexity index is 793. The maximum absolute atomic E-state index is 12.2. The summed E-state index contributed by atoms with van der Waals surface area (Å²) in [5.41, 5.74) is 1.28. The predicted molar refractivity (Wildman–Crippen MR) is 92.6 cm³/mol. The molecule has 0 aromatic heterocycles. The summed E-state index contributed by atoms with van der Waals surface area (Å²) in [4.78, 5) is 23.9. The van der Waals surface area contributed by atoms with Crippen LogP contribution in [0.1, 0.15) is 23.2 Å². The lowest BCUT2D eigenvalue weighted by atomic mass is 10.2. The van der Waals surface area contributed by atoms with Gasteiger partial charge in [0.05, 0.1) is 0 Å². The van der Waals surface area contributed by atoms with Gasteiger partial charge in [0.25, 0.3) is 5.91 Å². The van der Waals surface area contributed by atoms with Gasteiger partial charge in [0.15, 0.2) is 0 Å². The largest absolute Gasteiger partial charge is 0.435 e. The Morgan fingerprint density at radius 3 is 2.27 bits per heavy atom. The van der Waals surface area contributed by atoms with Gasteiger partial charge in [-0.05, 0) is 55.3 Å². The van der Waals surface area contributed by atoms with E-state index in [1.54, 1.807) is 24.3 Å². The van der Waals surface area contributed by atoms with Crippen LogP contribution in [0.5, 0.6) is 5.75 Å². The van der Waals surface area contributed by atoms with E-state index in [9.17, 15) is 18.4 Å². The molecule has 0 spiro atoms. The molecule has 0 saturated heterocycles. The summed E-state index contributed by atoms with van der Waals surface area (Å²) in [5, 5.41) is 8.16. The van der Waals surface area contributed by atoms with Gasteiger partial charge < -0.3 is 20.7 Å². The van der Waals surface area contributed by atoms with Crippen LogP contribution < -0.4 is 20.7 Å². The van der Waals surface area contributed by atoms with Gasteiger partial charge >= 0.3 is 12.6 Å². The van der Waals surface area contributed by atoms with Crippen molar-refractivity contribution in [3.8, 4) is 5.75 Å². The molecule has 0 aliphatic heterocycles. The molecule has 3 amide bonds. The number of urea groups is 1. The summed E-state index contributed by atoms with van der Waals surface area (Å²) in [5.74, 6) is -0.550. The molecule has 3 rings (SSSR count). The number of hydrogen-bond donors (Lipinski definition) is 3. The standard InChI is InChI=1S/C18H17F2N3O3/c19-17(20)26-15-3-1-2-11(10-15)16(24)21-12-4-6-13(7-5-12)22-18(25)23-14-8-9-14/h1-7,10,14,17H,8-9H2,(H,21,24)(H2,22,23,25). The monoisotopic (exact) mass is 361 g/mol. The highest BCUT2D eigenvalue weighted by atomic mass is 19.3. The Labute approximate surface area is 148 Å². The molecule has 6 nitrogen and oxygen atoms in total. The maximum Gasteiger partial charge on any atom is 0.387 e. The second-order valence-electron chi connectivity index (χ2n) is 5.81. The van der Waals surface area contributed by atoms with E-state index >= 15 is 0 Å². The molecule has 1 aliphatic rings. The molecule has 0 bridgehead atoms. The number of carbonyl (C=O) groups is 2. The van der Waals surface area contributed by atoms with Gasteiger partial charge in [-0.2, -0.15) is 8.78 Å². The number of benzene rings is 2. The number of alkyl halides is 2. The van der Waals surface area contributed by atoms with E-state index in [0.717, 1.165) is 12.8 Å². The third-order valence-corrected chi connectivity index (χ3v) is 3.63. The Morgan fingerprint density at radius 2 is 1.65 bits per heavy atom. The van der Waals surface area contributed by atoms with Crippen molar-refractivity contribution in [3.05, 3.63) is 54.1 Å². The normalized spacial score (nSPS) is 13.2. The van der Waals surface area contributed by atoms with Gasteiger partial charge in [-0.15, -0.1) is 0 Å². The fourth-order valence-electron chi connectivity index (χ4n) is 2.23. The molecule has 26 heavy (non-hydrogen) atoms. The van der Waals surface area contributed by atoms with Gasteiger partial charge in [0.1, 0.15) is 5.75 Å². The molecule has 2 aromatic carbocycles. The lowest BCUT2D eigenvalue weighted by molar-refractivity contribution is -0.0498. The smallest absolute Gasteiger partial charge is 0.387 e. The van der Waals surface area contributed by atoms with Crippen LogP contribution in [0.15, 0.2) is 48.5 Å².